The predicted molar refractivity (Wildman–Crippen MR) is 82.8 cm³/mol. The lowest BCUT2D eigenvalue weighted by Crippen LogP contribution is -2.29. The molecule has 0 aliphatic carbocycles. The standard InChI is InChI=1S/C14H17N3O2S2/c1-11-2-4-13(5-3-11)21(18,19)17-9-6-12(10-17)20-14-15-7-8-16-14/h2-5,7-8,12H,6,9-10H2,1H3,(H,15,16)/t12-/m0/s1. The molecular formula is C14H17N3O2S2. The van der Waals surface area contributed by atoms with E-state index in [1.807, 2.05) is 19.1 Å². The summed E-state index contributed by atoms with van der Waals surface area (Å²) in [5.74, 6) is 0. The fourth-order valence-corrected chi connectivity index (χ4v) is 4.99. The molecule has 0 radical (unpaired) electrons. The Hall–Kier alpha value is -1.31. The van der Waals surface area contributed by atoms with Crippen molar-refractivity contribution < 1.29 is 8.42 Å². The Labute approximate surface area is 128 Å². The molecule has 0 bridgehead atoms. The Morgan fingerprint density at radius 1 is 1.33 bits per heavy atom. The summed E-state index contributed by atoms with van der Waals surface area (Å²) in [6, 6.07) is 7.02. The molecular weight excluding hydrogens is 306 g/mol. The van der Waals surface area contributed by atoms with Crippen LogP contribution in [-0.4, -0.2) is 41.0 Å². The number of rotatable bonds is 4. The number of nitrogens with zero attached hydrogens (tertiary/aromatic N) is 2. The molecule has 2 heterocycles. The van der Waals surface area contributed by atoms with E-state index in [0.717, 1.165) is 17.1 Å². The van der Waals surface area contributed by atoms with E-state index in [1.54, 1.807) is 40.6 Å². The van der Waals surface area contributed by atoms with Crippen LogP contribution in [0.3, 0.4) is 0 Å². The van der Waals surface area contributed by atoms with Crippen LogP contribution in [0.15, 0.2) is 46.7 Å². The molecule has 2 aromatic rings. The Bertz CT molecular complexity index is 696. The molecule has 1 aromatic carbocycles. The predicted octanol–water partition coefficient (Wildman–Crippen LogP) is 2.27. The van der Waals surface area contributed by atoms with Gasteiger partial charge in [-0.15, -0.1) is 0 Å². The second kappa shape index (κ2) is 5.82. The van der Waals surface area contributed by atoms with Crippen LogP contribution in [-0.2, 0) is 10.0 Å². The summed E-state index contributed by atoms with van der Waals surface area (Å²) in [6.07, 6.45) is 4.33. The van der Waals surface area contributed by atoms with Gasteiger partial charge in [0.05, 0.1) is 4.90 Å². The lowest BCUT2D eigenvalue weighted by atomic mass is 10.2. The summed E-state index contributed by atoms with van der Waals surface area (Å²) in [5, 5.41) is 1.09. The van der Waals surface area contributed by atoms with Crippen LogP contribution >= 0.6 is 11.8 Å². The highest BCUT2D eigenvalue weighted by molar-refractivity contribution is 7.99. The Balaban J connectivity index is 1.71. The van der Waals surface area contributed by atoms with Crippen molar-refractivity contribution in [3.63, 3.8) is 0 Å². The van der Waals surface area contributed by atoms with E-state index >= 15 is 0 Å². The first kappa shape index (κ1) is 14.6. The van der Waals surface area contributed by atoms with Gasteiger partial charge in [0.15, 0.2) is 5.16 Å². The molecule has 0 unspecified atom stereocenters. The van der Waals surface area contributed by atoms with Gasteiger partial charge in [0.2, 0.25) is 10.0 Å². The van der Waals surface area contributed by atoms with Gasteiger partial charge in [0.1, 0.15) is 0 Å². The minimum atomic E-state index is -3.38. The molecule has 5 nitrogen and oxygen atoms in total. The number of aromatic amines is 1. The summed E-state index contributed by atoms with van der Waals surface area (Å²) in [7, 11) is -3.38. The number of sulfonamides is 1. The van der Waals surface area contributed by atoms with Crippen LogP contribution in [0.2, 0.25) is 0 Å². The first-order valence-corrected chi connectivity index (χ1v) is 9.10. The molecule has 0 saturated carbocycles. The van der Waals surface area contributed by atoms with E-state index in [2.05, 4.69) is 9.97 Å². The molecule has 7 heteroatoms. The zero-order valence-corrected chi connectivity index (χ0v) is 13.3. The molecule has 21 heavy (non-hydrogen) atoms. The zero-order valence-electron chi connectivity index (χ0n) is 11.7. The second-order valence-electron chi connectivity index (χ2n) is 5.10. The minimum absolute atomic E-state index is 0.247. The number of aromatic nitrogens is 2. The molecule has 0 amide bonds. The monoisotopic (exact) mass is 323 g/mol. The van der Waals surface area contributed by atoms with E-state index in [4.69, 9.17) is 0 Å². The number of H-pyrrole nitrogens is 1. The van der Waals surface area contributed by atoms with Gasteiger partial charge in [0.25, 0.3) is 0 Å². The second-order valence-corrected chi connectivity index (χ2v) is 8.33. The van der Waals surface area contributed by atoms with Gasteiger partial charge in [-0.1, -0.05) is 29.5 Å². The van der Waals surface area contributed by atoms with Crippen LogP contribution in [0.4, 0.5) is 0 Å². The van der Waals surface area contributed by atoms with Crippen LogP contribution < -0.4 is 0 Å². The quantitative estimate of drug-likeness (QED) is 0.937. The van der Waals surface area contributed by atoms with Crippen molar-refractivity contribution >= 4 is 21.8 Å². The van der Waals surface area contributed by atoms with Crippen LogP contribution in [0.1, 0.15) is 12.0 Å². The maximum Gasteiger partial charge on any atom is 0.243 e. The van der Waals surface area contributed by atoms with Gasteiger partial charge in [-0.2, -0.15) is 4.31 Å². The van der Waals surface area contributed by atoms with Gasteiger partial charge >= 0.3 is 0 Å². The molecule has 0 spiro atoms. The number of hydrogen-bond donors (Lipinski definition) is 1. The highest BCUT2D eigenvalue weighted by Gasteiger charge is 2.33. The van der Waals surface area contributed by atoms with Crippen molar-refractivity contribution in [1.82, 2.24) is 14.3 Å². The Kier molecular flexibility index (Phi) is 4.05. The number of nitrogens with one attached hydrogen (secondary N) is 1. The molecule has 1 fully saturated rings. The van der Waals surface area contributed by atoms with Gasteiger partial charge in [-0.05, 0) is 25.5 Å². The fourth-order valence-electron chi connectivity index (χ4n) is 2.34. The van der Waals surface area contributed by atoms with Gasteiger partial charge in [-0.25, -0.2) is 13.4 Å². The molecule has 1 aliphatic heterocycles. The maximum atomic E-state index is 12.6. The molecule has 1 aromatic heterocycles. The highest BCUT2D eigenvalue weighted by Crippen LogP contribution is 2.30. The Morgan fingerprint density at radius 2 is 2.10 bits per heavy atom. The zero-order chi connectivity index (χ0) is 14.9. The molecule has 1 N–H and O–H groups in total. The van der Waals surface area contributed by atoms with E-state index in [0.29, 0.717) is 18.0 Å². The number of thioether (sulfide) groups is 1. The normalized spacial score (nSPS) is 20.0. The first-order chi connectivity index (χ1) is 10.1. The lowest BCUT2D eigenvalue weighted by molar-refractivity contribution is 0.478. The summed E-state index contributed by atoms with van der Waals surface area (Å²) in [4.78, 5) is 7.59. The first-order valence-electron chi connectivity index (χ1n) is 6.78. The summed E-state index contributed by atoms with van der Waals surface area (Å²) < 4.78 is 26.7. The molecule has 1 saturated heterocycles. The maximum absolute atomic E-state index is 12.6. The lowest BCUT2D eigenvalue weighted by Gasteiger charge is -2.16. The van der Waals surface area contributed by atoms with Crippen molar-refractivity contribution in [1.29, 1.82) is 0 Å². The molecule has 3 rings (SSSR count). The van der Waals surface area contributed by atoms with E-state index in [1.165, 1.54) is 0 Å². The summed E-state index contributed by atoms with van der Waals surface area (Å²) in [6.45, 7) is 3.04. The highest BCUT2D eigenvalue weighted by atomic mass is 32.2. The number of aryl methyl sites for hydroxylation is 1. The van der Waals surface area contributed by atoms with Gasteiger partial charge < -0.3 is 4.98 Å². The molecule has 1 aliphatic rings. The SMILES string of the molecule is Cc1ccc(S(=O)(=O)N2CC[C@H](Sc3ncc[nH]3)C2)cc1. The third kappa shape index (κ3) is 3.14. The van der Waals surface area contributed by atoms with Crippen molar-refractivity contribution in [2.45, 2.75) is 28.6 Å². The molecule has 1 atom stereocenters. The molecule has 112 valence electrons. The fraction of sp³-hybridized carbons (Fsp3) is 0.357. The number of hydrogen-bond acceptors (Lipinski definition) is 4. The van der Waals surface area contributed by atoms with Crippen molar-refractivity contribution in [2.24, 2.45) is 0 Å². The van der Waals surface area contributed by atoms with Crippen LogP contribution in [0.25, 0.3) is 0 Å². The number of benzene rings is 1. The van der Waals surface area contributed by atoms with E-state index in [-0.39, 0.29) is 5.25 Å². The smallest absolute Gasteiger partial charge is 0.243 e. The Morgan fingerprint density at radius 3 is 2.76 bits per heavy atom. The number of imidazole rings is 1. The van der Waals surface area contributed by atoms with Crippen molar-refractivity contribution in [3.05, 3.63) is 42.2 Å². The van der Waals surface area contributed by atoms with Crippen molar-refractivity contribution in [2.75, 3.05) is 13.1 Å². The summed E-state index contributed by atoms with van der Waals surface area (Å²) >= 11 is 1.60. The topological polar surface area (TPSA) is 66.1 Å². The van der Waals surface area contributed by atoms with E-state index in [9.17, 15) is 8.42 Å². The third-order valence-corrected chi connectivity index (χ3v) is 6.56. The van der Waals surface area contributed by atoms with Gasteiger partial charge in [0, 0.05) is 30.7 Å². The average molecular weight is 323 g/mol. The third-order valence-electron chi connectivity index (χ3n) is 3.52. The van der Waals surface area contributed by atoms with Crippen LogP contribution in [0.5, 0.6) is 0 Å². The van der Waals surface area contributed by atoms with Crippen molar-refractivity contribution in [3.8, 4) is 0 Å². The van der Waals surface area contributed by atoms with Gasteiger partial charge in [-0.3, -0.25) is 0 Å². The van der Waals surface area contributed by atoms with E-state index < -0.39 is 10.0 Å². The average Bonchev–Trinajstić information content (AvgIpc) is 3.11. The minimum Gasteiger partial charge on any atom is -0.340 e. The summed E-state index contributed by atoms with van der Waals surface area (Å²) in [5.41, 5.74) is 1.06. The van der Waals surface area contributed by atoms with Crippen LogP contribution in [0, 0.1) is 6.92 Å². The largest absolute Gasteiger partial charge is 0.340 e.